The number of thioether (sulfide) groups is 1. The van der Waals surface area contributed by atoms with Gasteiger partial charge in [-0.25, -0.2) is 4.98 Å². The van der Waals surface area contributed by atoms with Crippen molar-refractivity contribution in [2.45, 2.75) is 11.3 Å². The summed E-state index contributed by atoms with van der Waals surface area (Å²) in [4.78, 5) is 16.3. The largest absolute Gasteiger partial charge is 0.457 e. The van der Waals surface area contributed by atoms with Crippen LogP contribution in [0.1, 0.15) is 5.56 Å². The number of aromatic nitrogens is 2. The number of anilines is 1. The lowest BCUT2D eigenvalue weighted by atomic mass is 10.1. The predicted molar refractivity (Wildman–Crippen MR) is 108 cm³/mol. The molecule has 0 fully saturated rings. The molecule has 0 spiro atoms. The lowest BCUT2D eigenvalue weighted by molar-refractivity contribution is -0.137. The van der Waals surface area contributed by atoms with Crippen molar-refractivity contribution in [2.24, 2.45) is 7.05 Å². The lowest BCUT2D eigenvalue weighted by Crippen LogP contribution is -2.18. The molecule has 0 aliphatic carbocycles. The van der Waals surface area contributed by atoms with Crippen LogP contribution >= 0.6 is 27.7 Å². The molecule has 0 aliphatic heterocycles. The van der Waals surface area contributed by atoms with E-state index in [1.54, 1.807) is 48.3 Å². The van der Waals surface area contributed by atoms with Crippen molar-refractivity contribution in [1.29, 1.82) is 0 Å². The molecule has 3 aromatic rings. The first kappa shape index (κ1) is 21.3. The molecule has 29 heavy (non-hydrogen) atoms. The first-order chi connectivity index (χ1) is 13.7. The smallest absolute Gasteiger partial charge is 0.418 e. The van der Waals surface area contributed by atoms with Gasteiger partial charge >= 0.3 is 6.18 Å². The highest BCUT2D eigenvalue weighted by atomic mass is 79.9. The summed E-state index contributed by atoms with van der Waals surface area (Å²) < 4.78 is 48.2. The van der Waals surface area contributed by atoms with Crippen molar-refractivity contribution in [3.8, 4) is 11.5 Å². The van der Waals surface area contributed by atoms with Crippen LogP contribution in [0.3, 0.4) is 0 Å². The number of aryl methyl sites for hydroxylation is 1. The molecule has 10 heteroatoms. The summed E-state index contributed by atoms with van der Waals surface area (Å²) in [5.74, 6) is -0.0350. The number of hydrogen-bond acceptors (Lipinski definition) is 4. The van der Waals surface area contributed by atoms with Gasteiger partial charge in [0.25, 0.3) is 0 Å². The van der Waals surface area contributed by atoms with Gasteiger partial charge in [0, 0.05) is 30.0 Å². The summed E-state index contributed by atoms with van der Waals surface area (Å²) >= 11 is 4.42. The fraction of sp³-hybridized carbons (Fsp3) is 0.158. The molecule has 0 saturated heterocycles. The normalized spacial score (nSPS) is 11.3. The van der Waals surface area contributed by atoms with E-state index in [0.717, 1.165) is 28.4 Å². The minimum Gasteiger partial charge on any atom is -0.457 e. The van der Waals surface area contributed by atoms with E-state index in [9.17, 15) is 18.0 Å². The summed E-state index contributed by atoms with van der Waals surface area (Å²) in [6, 6.07) is 10.1. The van der Waals surface area contributed by atoms with Crippen LogP contribution in [0.2, 0.25) is 0 Å². The van der Waals surface area contributed by atoms with Crippen molar-refractivity contribution in [2.75, 3.05) is 11.1 Å². The van der Waals surface area contributed by atoms with E-state index in [1.807, 2.05) is 0 Å². The second-order valence-electron chi connectivity index (χ2n) is 5.92. The maximum absolute atomic E-state index is 13.3. The topological polar surface area (TPSA) is 56.2 Å². The first-order valence-corrected chi connectivity index (χ1v) is 10.0. The van der Waals surface area contributed by atoms with E-state index in [-0.39, 0.29) is 17.2 Å². The Bertz CT molecular complexity index is 1010. The molecule has 0 unspecified atom stereocenters. The molecule has 0 saturated carbocycles. The Morgan fingerprint density at radius 2 is 1.90 bits per heavy atom. The number of halogens is 4. The Kier molecular flexibility index (Phi) is 6.53. The van der Waals surface area contributed by atoms with Crippen molar-refractivity contribution in [1.82, 2.24) is 9.55 Å². The van der Waals surface area contributed by atoms with Gasteiger partial charge in [-0.2, -0.15) is 13.2 Å². The van der Waals surface area contributed by atoms with Crippen LogP contribution in [0.4, 0.5) is 18.9 Å². The molecule has 0 bridgehead atoms. The lowest BCUT2D eigenvalue weighted by Gasteiger charge is -2.15. The van der Waals surface area contributed by atoms with Gasteiger partial charge in [0.1, 0.15) is 11.5 Å². The first-order valence-electron chi connectivity index (χ1n) is 8.27. The van der Waals surface area contributed by atoms with Gasteiger partial charge in [-0.15, -0.1) is 0 Å². The second-order valence-corrected chi connectivity index (χ2v) is 7.78. The van der Waals surface area contributed by atoms with Crippen molar-refractivity contribution in [3.05, 3.63) is 64.9 Å². The van der Waals surface area contributed by atoms with Gasteiger partial charge in [0.2, 0.25) is 5.91 Å². The van der Waals surface area contributed by atoms with Crippen LogP contribution < -0.4 is 10.1 Å². The summed E-state index contributed by atoms with van der Waals surface area (Å²) in [6.45, 7) is 0. The minimum atomic E-state index is -4.62. The maximum atomic E-state index is 13.3. The standard InChI is InChI=1S/C19H15BrF3N3O2S/c1-26-9-8-24-18(26)29-11-17(27)25-16-10-14(6-7-15(16)19(21,22)23)28-13-4-2-12(20)3-5-13/h2-10H,11H2,1H3,(H,25,27). The van der Waals surface area contributed by atoms with Gasteiger partial charge in [-0.1, -0.05) is 27.7 Å². The average Bonchev–Trinajstić information content (AvgIpc) is 3.06. The maximum Gasteiger partial charge on any atom is 0.418 e. The van der Waals surface area contributed by atoms with E-state index in [1.165, 1.54) is 6.07 Å². The zero-order chi connectivity index (χ0) is 21.0. The molecule has 2 aromatic carbocycles. The third-order valence-electron chi connectivity index (χ3n) is 3.73. The van der Waals surface area contributed by atoms with E-state index < -0.39 is 17.6 Å². The third-order valence-corrected chi connectivity index (χ3v) is 5.32. The molecule has 1 N–H and O–H groups in total. The molecule has 152 valence electrons. The third kappa shape index (κ3) is 5.77. The molecule has 1 aromatic heterocycles. The molecule has 5 nitrogen and oxygen atoms in total. The fourth-order valence-corrected chi connectivity index (χ4v) is 3.38. The van der Waals surface area contributed by atoms with E-state index in [4.69, 9.17) is 4.74 Å². The second kappa shape index (κ2) is 8.91. The minimum absolute atomic E-state index is 0.0834. The number of benzene rings is 2. The van der Waals surface area contributed by atoms with Crippen LogP contribution in [0.5, 0.6) is 11.5 Å². The van der Waals surface area contributed by atoms with Gasteiger partial charge in [0.05, 0.1) is 17.0 Å². The number of imidazole rings is 1. The predicted octanol–water partition coefficient (Wildman–Crippen LogP) is 5.72. The number of nitrogens with zero attached hydrogens (tertiary/aromatic N) is 2. The summed E-state index contributed by atoms with van der Waals surface area (Å²) in [5.41, 5.74) is -1.31. The van der Waals surface area contributed by atoms with Gasteiger partial charge in [-0.05, 0) is 36.4 Å². The Labute approximate surface area is 177 Å². The van der Waals surface area contributed by atoms with Gasteiger partial charge < -0.3 is 14.6 Å². The van der Waals surface area contributed by atoms with Crippen LogP contribution in [-0.4, -0.2) is 21.2 Å². The summed E-state index contributed by atoms with van der Waals surface area (Å²) in [6.07, 6.45) is -1.33. The Balaban J connectivity index is 1.77. The SMILES string of the molecule is Cn1ccnc1SCC(=O)Nc1cc(Oc2ccc(Br)cc2)ccc1C(F)(F)F. The molecular formula is C19H15BrF3N3O2S. The number of ether oxygens (including phenoxy) is 1. The summed E-state index contributed by atoms with van der Waals surface area (Å²) in [5, 5.41) is 2.92. The number of carbonyl (C=O) groups excluding carboxylic acids is 1. The Morgan fingerprint density at radius 1 is 1.21 bits per heavy atom. The number of rotatable bonds is 6. The molecule has 1 heterocycles. The molecule has 0 atom stereocenters. The number of carbonyl (C=O) groups is 1. The quantitative estimate of drug-likeness (QED) is 0.453. The number of alkyl halides is 3. The van der Waals surface area contributed by atoms with E-state index in [0.29, 0.717) is 10.9 Å². The zero-order valence-electron chi connectivity index (χ0n) is 15.0. The van der Waals surface area contributed by atoms with Crippen LogP contribution in [0.15, 0.2) is 64.5 Å². The summed E-state index contributed by atoms with van der Waals surface area (Å²) in [7, 11) is 1.76. The highest BCUT2D eigenvalue weighted by Crippen LogP contribution is 2.38. The number of amides is 1. The molecule has 0 aliphatic rings. The molecule has 3 rings (SSSR count). The van der Waals surface area contributed by atoms with E-state index >= 15 is 0 Å². The molecule has 0 radical (unpaired) electrons. The van der Waals surface area contributed by atoms with Crippen LogP contribution in [-0.2, 0) is 18.0 Å². The van der Waals surface area contributed by atoms with Gasteiger partial charge in [-0.3, -0.25) is 4.79 Å². The monoisotopic (exact) mass is 485 g/mol. The average molecular weight is 486 g/mol. The number of hydrogen-bond donors (Lipinski definition) is 1. The Morgan fingerprint density at radius 3 is 2.52 bits per heavy atom. The van der Waals surface area contributed by atoms with Crippen molar-refractivity contribution < 1.29 is 22.7 Å². The van der Waals surface area contributed by atoms with E-state index in [2.05, 4.69) is 26.2 Å². The zero-order valence-corrected chi connectivity index (χ0v) is 17.4. The molecular weight excluding hydrogens is 471 g/mol. The molecule has 1 amide bonds. The van der Waals surface area contributed by atoms with Crippen molar-refractivity contribution >= 4 is 39.3 Å². The van der Waals surface area contributed by atoms with Crippen LogP contribution in [0, 0.1) is 0 Å². The van der Waals surface area contributed by atoms with Crippen LogP contribution in [0.25, 0.3) is 0 Å². The number of nitrogens with one attached hydrogen (secondary N) is 1. The fourth-order valence-electron chi connectivity index (χ4n) is 2.38. The Hall–Kier alpha value is -2.46. The highest BCUT2D eigenvalue weighted by Gasteiger charge is 2.34. The van der Waals surface area contributed by atoms with Crippen molar-refractivity contribution in [3.63, 3.8) is 0 Å². The van der Waals surface area contributed by atoms with Gasteiger partial charge in [0.15, 0.2) is 5.16 Å². The highest BCUT2D eigenvalue weighted by molar-refractivity contribution is 9.10.